The molecule has 0 amide bonds. The molecule has 1 unspecified atom stereocenters. The molecule has 0 aliphatic carbocycles. The summed E-state index contributed by atoms with van der Waals surface area (Å²) in [5, 5.41) is 0.430. The number of nitrogens with two attached hydrogens (primary N) is 1. The standard InChI is InChI=1S/C25H34N6O2S2/c1-18(2)35(32,33)31-15-13-30(14-16-31)25-27-24(28-34-25)23(20-7-9-21(26)10-8-20)17-19-5-11-22(12-6-19)29(3)4/h5-12,18,23H,13-17,26H2,1-4H3. The number of piperazine rings is 1. The van der Waals surface area contributed by atoms with Gasteiger partial charge in [0, 0.05) is 69.1 Å². The molecule has 8 nitrogen and oxygen atoms in total. The lowest BCUT2D eigenvalue weighted by Crippen LogP contribution is -2.50. The Morgan fingerprint density at radius 3 is 2.20 bits per heavy atom. The van der Waals surface area contributed by atoms with Crippen LogP contribution < -0.4 is 15.5 Å². The molecule has 1 aliphatic rings. The Morgan fingerprint density at radius 2 is 1.63 bits per heavy atom. The molecule has 10 heteroatoms. The van der Waals surface area contributed by atoms with Crippen molar-refractivity contribution in [1.29, 1.82) is 0 Å². The molecule has 4 rings (SSSR count). The molecule has 2 N–H and O–H groups in total. The Kier molecular flexibility index (Phi) is 7.63. The summed E-state index contributed by atoms with van der Waals surface area (Å²) in [5.74, 6) is 0.775. The second-order valence-electron chi connectivity index (χ2n) is 9.40. The van der Waals surface area contributed by atoms with Gasteiger partial charge in [0.25, 0.3) is 0 Å². The molecule has 35 heavy (non-hydrogen) atoms. The molecule has 1 atom stereocenters. The monoisotopic (exact) mass is 514 g/mol. The zero-order valence-electron chi connectivity index (χ0n) is 20.8. The lowest BCUT2D eigenvalue weighted by atomic mass is 9.91. The topological polar surface area (TPSA) is 95.7 Å². The summed E-state index contributed by atoms with van der Waals surface area (Å²) in [7, 11) is 0.830. The van der Waals surface area contributed by atoms with E-state index in [1.54, 1.807) is 18.2 Å². The van der Waals surface area contributed by atoms with E-state index in [0.29, 0.717) is 26.2 Å². The van der Waals surface area contributed by atoms with Crippen molar-refractivity contribution in [3.8, 4) is 0 Å². The van der Waals surface area contributed by atoms with Crippen LogP contribution in [0.25, 0.3) is 0 Å². The van der Waals surface area contributed by atoms with Crippen molar-refractivity contribution in [1.82, 2.24) is 13.7 Å². The highest BCUT2D eigenvalue weighted by Crippen LogP contribution is 2.31. The van der Waals surface area contributed by atoms with Crippen molar-refractivity contribution in [2.75, 3.05) is 55.8 Å². The number of nitrogens with zero attached hydrogens (tertiary/aromatic N) is 5. The molecule has 1 aromatic heterocycles. The van der Waals surface area contributed by atoms with Crippen LogP contribution in [-0.2, 0) is 16.4 Å². The van der Waals surface area contributed by atoms with Crippen LogP contribution in [0.2, 0.25) is 0 Å². The van der Waals surface area contributed by atoms with Gasteiger partial charge >= 0.3 is 0 Å². The van der Waals surface area contributed by atoms with Gasteiger partial charge in [0.1, 0.15) is 0 Å². The Balaban J connectivity index is 1.54. The van der Waals surface area contributed by atoms with Gasteiger partial charge in [-0.15, -0.1) is 0 Å². The van der Waals surface area contributed by atoms with E-state index in [1.807, 2.05) is 38.4 Å². The Morgan fingerprint density at radius 1 is 1.00 bits per heavy atom. The van der Waals surface area contributed by atoms with Crippen LogP contribution >= 0.6 is 11.5 Å². The molecule has 0 radical (unpaired) electrons. The number of hydrogen-bond donors (Lipinski definition) is 1. The fourth-order valence-corrected chi connectivity index (χ4v) is 6.22. The van der Waals surface area contributed by atoms with E-state index in [4.69, 9.17) is 15.1 Å². The highest BCUT2D eigenvalue weighted by Gasteiger charge is 2.31. The van der Waals surface area contributed by atoms with Crippen LogP contribution in [-0.4, -0.2) is 67.6 Å². The summed E-state index contributed by atoms with van der Waals surface area (Å²) in [6.45, 7) is 5.61. The second kappa shape index (κ2) is 10.5. The van der Waals surface area contributed by atoms with Crippen molar-refractivity contribution in [3.05, 3.63) is 65.5 Å². The number of nitrogen functional groups attached to an aromatic ring is 1. The van der Waals surface area contributed by atoms with Gasteiger partial charge < -0.3 is 15.5 Å². The number of anilines is 3. The van der Waals surface area contributed by atoms with E-state index in [1.165, 1.54) is 17.1 Å². The molecular formula is C25H34N6O2S2. The van der Waals surface area contributed by atoms with Gasteiger partial charge in [0.05, 0.1) is 5.25 Å². The molecule has 1 fully saturated rings. The zero-order chi connectivity index (χ0) is 25.2. The molecule has 3 aromatic rings. The van der Waals surface area contributed by atoms with Gasteiger partial charge in [0.2, 0.25) is 15.2 Å². The summed E-state index contributed by atoms with van der Waals surface area (Å²) >= 11 is 1.38. The minimum Gasteiger partial charge on any atom is -0.399 e. The fourth-order valence-electron chi connectivity index (χ4n) is 4.18. The number of sulfonamides is 1. The number of benzene rings is 2. The summed E-state index contributed by atoms with van der Waals surface area (Å²) in [4.78, 5) is 9.15. The smallest absolute Gasteiger partial charge is 0.216 e. The van der Waals surface area contributed by atoms with E-state index in [9.17, 15) is 8.42 Å². The molecule has 0 bridgehead atoms. The third-order valence-electron chi connectivity index (χ3n) is 6.44. The van der Waals surface area contributed by atoms with Crippen LogP contribution in [0.15, 0.2) is 48.5 Å². The van der Waals surface area contributed by atoms with Crippen LogP contribution in [0.5, 0.6) is 0 Å². The first kappa shape index (κ1) is 25.4. The normalized spacial score (nSPS) is 16.0. The summed E-state index contributed by atoms with van der Waals surface area (Å²) in [6, 6.07) is 16.5. The van der Waals surface area contributed by atoms with E-state index in [2.05, 4.69) is 34.1 Å². The van der Waals surface area contributed by atoms with Gasteiger partial charge in [0.15, 0.2) is 5.82 Å². The maximum Gasteiger partial charge on any atom is 0.216 e. The van der Waals surface area contributed by atoms with Crippen molar-refractivity contribution < 1.29 is 8.42 Å². The molecule has 1 aliphatic heterocycles. The van der Waals surface area contributed by atoms with E-state index >= 15 is 0 Å². The van der Waals surface area contributed by atoms with Gasteiger partial charge in [-0.2, -0.15) is 8.68 Å². The molecule has 0 spiro atoms. The van der Waals surface area contributed by atoms with Gasteiger partial charge in [-0.05, 0) is 55.7 Å². The van der Waals surface area contributed by atoms with Crippen LogP contribution in [0.1, 0.15) is 36.7 Å². The van der Waals surface area contributed by atoms with Crippen molar-refractivity contribution in [2.45, 2.75) is 31.4 Å². The van der Waals surface area contributed by atoms with Crippen molar-refractivity contribution in [2.24, 2.45) is 0 Å². The van der Waals surface area contributed by atoms with E-state index < -0.39 is 15.3 Å². The van der Waals surface area contributed by atoms with Gasteiger partial charge in [-0.1, -0.05) is 24.3 Å². The number of rotatable bonds is 8. The summed E-state index contributed by atoms with van der Waals surface area (Å²) in [6.07, 6.45) is 0.772. The molecular weight excluding hydrogens is 480 g/mol. The minimum atomic E-state index is -3.24. The third kappa shape index (κ3) is 5.76. The maximum atomic E-state index is 12.5. The van der Waals surface area contributed by atoms with Crippen molar-refractivity contribution in [3.63, 3.8) is 0 Å². The largest absolute Gasteiger partial charge is 0.399 e. The Bertz CT molecular complexity index is 1220. The Labute approximate surface area is 212 Å². The van der Waals surface area contributed by atoms with Gasteiger partial charge in [-0.3, -0.25) is 0 Å². The molecule has 0 saturated carbocycles. The molecule has 1 saturated heterocycles. The first-order chi connectivity index (χ1) is 16.6. The first-order valence-corrected chi connectivity index (χ1v) is 14.1. The van der Waals surface area contributed by atoms with E-state index in [-0.39, 0.29) is 5.92 Å². The van der Waals surface area contributed by atoms with Crippen LogP contribution in [0.3, 0.4) is 0 Å². The lowest BCUT2D eigenvalue weighted by molar-refractivity contribution is 0.381. The maximum absolute atomic E-state index is 12.5. The average Bonchev–Trinajstić information content (AvgIpc) is 3.33. The highest BCUT2D eigenvalue weighted by molar-refractivity contribution is 7.89. The van der Waals surface area contributed by atoms with E-state index in [0.717, 1.165) is 34.3 Å². The average molecular weight is 515 g/mol. The lowest BCUT2D eigenvalue weighted by Gasteiger charge is -2.34. The number of hydrogen-bond acceptors (Lipinski definition) is 8. The predicted molar refractivity (Wildman–Crippen MR) is 145 cm³/mol. The minimum absolute atomic E-state index is 0.00610. The molecule has 2 aromatic carbocycles. The highest BCUT2D eigenvalue weighted by atomic mass is 32.2. The molecule has 2 heterocycles. The summed E-state index contributed by atoms with van der Waals surface area (Å²) < 4.78 is 31.3. The molecule has 188 valence electrons. The fraction of sp³-hybridized carbons (Fsp3) is 0.440. The predicted octanol–water partition coefficient (Wildman–Crippen LogP) is 3.42. The van der Waals surface area contributed by atoms with Crippen molar-refractivity contribution >= 4 is 38.1 Å². The Hall–Kier alpha value is -2.69. The quantitative estimate of drug-likeness (QED) is 0.460. The third-order valence-corrected chi connectivity index (χ3v) is 9.51. The SMILES string of the molecule is CC(C)S(=O)(=O)N1CCN(c2nc(C(Cc3ccc(N(C)C)cc3)c3ccc(N)cc3)ns2)CC1. The first-order valence-electron chi connectivity index (χ1n) is 11.8. The number of aromatic nitrogens is 2. The second-order valence-corrected chi connectivity index (χ2v) is 12.6. The van der Waals surface area contributed by atoms with Crippen LogP contribution in [0.4, 0.5) is 16.5 Å². The summed E-state index contributed by atoms with van der Waals surface area (Å²) in [5.41, 5.74) is 10.1. The van der Waals surface area contributed by atoms with Gasteiger partial charge in [-0.25, -0.2) is 13.4 Å². The van der Waals surface area contributed by atoms with Crippen LogP contribution in [0, 0.1) is 0 Å². The zero-order valence-corrected chi connectivity index (χ0v) is 22.4.